The number of nitrogens with one attached hydrogen (secondary N) is 3. The van der Waals surface area contributed by atoms with Crippen LogP contribution in [0.1, 0.15) is 26.3 Å². The van der Waals surface area contributed by atoms with E-state index in [1.54, 1.807) is 24.3 Å². The first-order valence-corrected chi connectivity index (χ1v) is 11.3. The summed E-state index contributed by atoms with van der Waals surface area (Å²) < 4.78 is 21.5. The van der Waals surface area contributed by atoms with Gasteiger partial charge in [-0.2, -0.15) is 0 Å². The van der Waals surface area contributed by atoms with E-state index < -0.39 is 11.8 Å². The Bertz CT molecular complexity index is 1190. The first-order valence-electron chi connectivity index (χ1n) is 10.9. The van der Waals surface area contributed by atoms with Gasteiger partial charge in [0.1, 0.15) is 5.75 Å². The summed E-state index contributed by atoms with van der Waals surface area (Å²) in [5.74, 6) is 0.585. The zero-order valence-electron chi connectivity index (χ0n) is 20.1. The highest BCUT2D eigenvalue weighted by Gasteiger charge is 2.17. The second kappa shape index (κ2) is 13.0. The van der Waals surface area contributed by atoms with Gasteiger partial charge in [0.2, 0.25) is 5.75 Å². The molecule has 0 aliphatic carbocycles. The largest absolute Gasteiger partial charge is 0.493 e. The molecule has 2 amide bonds. The Morgan fingerprint density at radius 2 is 1.47 bits per heavy atom. The van der Waals surface area contributed by atoms with Crippen LogP contribution in [0.2, 0.25) is 0 Å². The molecule has 36 heavy (non-hydrogen) atoms. The highest BCUT2D eigenvalue weighted by atomic mass is 32.1. The minimum atomic E-state index is -0.528. The standard InChI is InChI=1S/C26H27N3O6S/c1-32-21-15-19(16-22(33-2)23(21)34-3)25(31)28-29-26(36)27-24(30)18-10-7-11-20(14-18)35-13-12-17-8-5-4-6-9-17/h4-11,14-16H,12-13H2,1-3H3,(H,28,31)(H2,27,29,30,36). The molecule has 0 saturated carbocycles. The molecule has 0 fully saturated rings. The van der Waals surface area contributed by atoms with Gasteiger partial charge in [-0.05, 0) is 48.1 Å². The number of rotatable bonds is 9. The fourth-order valence-corrected chi connectivity index (χ4v) is 3.41. The van der Waals surface area contributed by atoms with Crippen LogP contribution in [0.15, 0.2) is 66.7 Å². The molecule has 0 saturated heterocycles. The molecule has 0 aliphatic rings. The molecule has 0 aliphatic heterocycles. The van der Waals surface area contributed by atoms with Crippen LogP contribution in [-0.2, 0) is 6.42 Å². The molecule has 3 aromatic rings. The number of carbonyl (C=O) groups excluding carboxylic acids is 2. The maximum Gasteiger partial charge on any atom is 0.269 e. The highest BCUT2D eigenvalue weighted by molar-refractivity contribution is 7.80. The third-order valence-electron chi connectivity index (χ3n) is 5.04. The predicted octanol–water partition coefficient (Wildman–Crippen LogP) is 3.28. The van der Waals surface area contributed by atoms with E-state index in [0.29, 0.717) is 35.2 Å². The predicted molar refractivity (Wildman–Crippen MR) is 139 cm³/mol. The molecule has 0 bridgehead atoms. The maximum atomic E-state index is 12.6. The third-order valence-corrected chi connectivity index (χ3v) is 5.25. The summed E-state index contributed by atoms with van der Waals surface area (Å²) >= 11 is 5.13. The number of carbonyl (C=O) groups is 2. The van der Waals surface area contributed by atoms with Gasteiger partial charge in [0.25, 0.3) is 11.8 Å². The van der Waals surface area contributed by atoms with Crippen molar-refractivity contribution in [3.05, 3.63) is 83.4 Å². The second-order valence-electron chi connectivity index (χ2n) is 7.39. The van der Waals surface area contributed by atoms with E-state index in [1.807, 2.05) is 30.3 Å². The van der Waals surface area contributed by atoms with Crippen molar-refractivity contribution in [3.8, 4) is 23.0 Å². The average molecular weight is 510 g/mol. The molecule has 0 radical (unpaired) electrons. The molecule has 0 spiro atoms. The summed E-state index contributed by atoms with van der Waals surface area (Å²) in [6.45, 7) is 0.474. The molecule has 3 aromatic carbocycles. The molecule has 0 heterocycles. The number of thiocarbonyl (C=S) groups is 1. The third kappa shape index (κ3) is 7.09. The Labute approximate surface area is 214 Å². The van der Waals surface area contributed by atoms with E-state index in [4.69, 9.17) is 31.2 Å². The van der Waals surface area contributed by atoms with Gasteiger partial charge in [-0.1, -0.05) is 36.4 Å². The van der Waals surface area contributed by atoms with Gasteiger partial charge in [-0.15, -0.1) is 0 Å². The number of methoxy groups -OCH3 is 3. The van der Waals surface area contributed by atoms with E-state index in [2.05, 4.69) is 16.2 Å². The van der Waals surface area contributed by atoms with E-state index in [0.717, 1.165) is 12.0 Å². The van der Waals surface area contributed by atoms with E-state index in [9.17, 15) is 9.59 Å². The van der Waals surface area contributed by atoms with Crippen LogP contribution in [0.3, 0.4) is 0 Å². The minimum absolute atomic E-state index is 0.0869. The van der Waals surface area contributed by atoms with E-state index >= 15 is 0 Å². The van der Waals surface area contributed by atoms with Crippen molar-refractivity contribution >= 4 is 29.1 Å². The highest BCUT2D eigenvalue weighted by Crippen LogP contribution is 2.38. The van der Waals surface area contributed by atoms with E-state index in [-0.39, 0.29) is 10.7 Å². The van der Waals surface area contributed by atoms with Gasteiger partial charge in [-0.3, -0.25) is 25.8 Å². The SMILES string of the molecule is COc1cc(C(=O)NNC(=S)NC(=O)c2cccc(OCCc3ccccc3)c2)cc(OC)c1OC. The number of ether oxygens (including phenoxy) is 4. The van der Waals surface area contributed by atoms with Crippen molar-refractivity contribution in [2.75, 3.05) is 27.9 Å². The lowest BCUT2D eigenvalue weighted by atomic mass is 10.1. The quantitative estimate of drug-likeness (QED) is 0.298. The van der Waals surface area contributed by atoms with Crippen LogP contribution in [0.25, 0.3) is 0 Å². The van der Waals surface area contributed by atoms with Crippen LogP contribution in [0.4, 0.5) is 0 Å². The number of benzene rings is 3. The summed E-state index contributed by atoms with van der Waals surface area (Å²) in [7, 11) is 4.37. The Morgan fingerprint density at radius 1 is 0.778 bits per heavy atom. The Morgan fingerprint density at radius 3 is 2.11 bits per heavy atom. The summed E-state index contributed by atoms with van der Waals surface area (Å²) in [5, 5.41) is 2.43. The first kappa shape index (κ1) is 26.3. The lowest BCUT2D eigenvalue weighted by molar-refractivity contribution is 0.0934. The molecular weight excluding hydrogens is 482 g/mol. The fraction of sp³-hybridized carbons (Fsp3) is 0.192. The van der Waals surface area contributed by atoms with Gasteiger partial charge >= 0.3 is 0 Å². The van der Waals surface area contributed by atoms with Crippen LogP contribution >= 0.6 is 12.2 Å². The summed E-state index contributed by atoms with van der Waals surface area (Å²) in [6.07, 6.45) is 0.747. The molecular formula is C26H27N3O6S. The molecule has 10 heteroatoms. The minimum Gasteiger partial charge on any atom is -0.493 e. The molecule has 3 rings (SSSR count). The molecule has 0 aromatic heterocycles. The molecule has 0 unspecified atom stereocenters. The van der Waals surface area contributed by atoms with Crippen LogP contribution in [-0.4, -0.2) is 44.9 Å². The molecule has 3 N–H and O–H groups in total. The lowest BCUT2D eigenvalue weighted by Crippen LogP contribution is -2.48. The van der Waals surface area contributed by atoms with Gasteiger partial charge in [0.05, 0.1) is 27.9 Å². The number of amides is 2. The zero-order chi connectivity index (χ0) is 25.9. The van der Waals surface area contributed by atoms with Crippen molar-refractivity contribution in [1.29, 1.82) is 0 Å². The summed E-state index contributed by atoms with van der Waals surface area (Å²) in [6, 6.07) is 19.7. The fourth-order valence-electron chi connectivity index (χ4n) is 3.26. The van der Waals surface area contributed by atoms with Gasteiger partial charge in [-0.25, -0.2) is 0 Å². The second-order valence-corrected chi connectivity index (χ2v) is 7.80. The molecule has 9 nitrogen and oxygen atoms in total. The van der Waals surface area contributed by atoms with Crippen molar-refractivity contribution < 1.29 is 28.5 Å². The van der Waals surface area contributed by atoms with Crippen LogP contribution in [0, 0.1) is 0 Å². The van der Waals surface area contributed by atoms with Gasteiger partial charge in [0, 0.05) is 17.5 Å². The van der Waals surface area contributed by atoms with Crippen molar-refractivity contribution in [3.63, 3.8) is 0 Å². The van der Waals surface area contributed by atoms with Crippen LogP contribution in [0.5, 0.6) is 23.0 Å². The number of hydrogen-bond acceptors (Lipinski definition) is 7. The van der Waals surface area contributed by atoms with Crippen LogP contribution < -0.4 is 35.1 Å². The van der Waals surface area contributed by atoms with Crippen molar-refractivity contribution in [2.45, 2.75) is 6.42 Å². The van der Waals surface area contributed by atoms with Gasteiger partial charge in [0.15, 0.2) is 16.6 Å². The zero-order valence-corrected chi connectivity index (χ0v) is 20.9. The monoisotopic (exact) mass is 509 g/mol. The van der Waals surface area contributed by atoms with Gasteiger partial charge < -0.3 is 18.9 Å². The Hall–Kier alpha value is -4.31. The average Bonchev–Trinajstić information content (AvgIpc) is 2.91. The topological polar surface area (TPSA) is 107 Å². The number of hydrogen-bond donors (Lipinski definition) is 3. The molecule has 0 atom stereocenters. The lowest BCUT2D eigenvalue weighted by Gasteiger charge is -2.15. The van der Waals surface area contributed by atoms with Crippen molar-refractivity contribution in [2.24, 2.45) is 0 Å². The number of hydrazine groups is 1. The first-order chi connectivity index (χ1) is 17.4. The summed E-state index contributed by atoms with van der Waals surface area (Å²) in [4.78, 5) is 25.2. The molecule has 188 valence electrons. The maximum absolute atomic E-state index is 12.6. The summed E-state index contributed by atoms with van der Waals surface area (Å²) in [5.41, 5.74) is 6.68. The normalized spacial score (nSPS) is 10.1. The Kier molecular flexibility index (Phi) is 9.47. The smallest absolute Gasteiger partial charge is 0.269 e. The Balaban J connectivity index is 1.53. The van der Waals surface area contributed by atoms with Crippen molar-refractivity contribution in [1.82, 2.24) is 16.2 Å². The van der Waals surface area contributed by atoms with E-state index in [1.165, 1.54) is 33.5 Å².